The van der Waals surface area contributed by atoms with Crippen molar-refractivity contribution in [2.75, 3.05) is 6.26 Å². The molecule has 0 aromatic heterocycles. The summed E-state index contributed by atoms with van der Waals surface area (Å²) in [5.74, 6) is -2.22. The Kier molecular flexibility index (Phi) is 6.76. The third kappa shape index (κ3) is 5.29. The van der Waals surface area contributed by atoms with Crippen LogP contribution in [0.15, 0.2) is 86.3 Å². The third-order valence-electron chi connectivity index (χ3n) is 4.69. The van der Waals surface area contributed by atoms with Crippen molar-refractivity contribution in [2.24, 2.45) is 0 Å². The minimum absolute atomic E-state index is 0.264. The number of sulfonamides is 1. The summed E-state index contributed by atoms with van der Waals surface area (Å²) >= 11 is 0. The van der Waals surface area contributed by atoms with Crippen LogP contribution in [0.4, 0.5) is 8.78 Å². The SMILES string of the molecule is C[C@H](NS(C)(=O)=O)c1ccc(S(=O)(=O)c2ccccc2S(=O)(=O)c2cc(F)ccc2F)cc1. The number of rotatable bonds is 7. The zero-order chi connectivity index (χ0) is 24.6. The highest BCUT2D eigenvalue weighted by Crippen LogP contribution is 2.32. The molecule has 0 spiro atoms. The molecule has 7 nitrogen and oxygen atoms in total. The van der Waals surface area contributed by atoms with Crippen molar-refractivity contribution in [3.8, 4) is 0 Å². The first-order valence-electron chi connectivity index (χ1n) is 9.35. The van der Waals surface area contributed by atoms with E-state index in [0.717, 1.165) is 24.5 Å². The number of sulfone groups is 2. The minimum atomic E-state index is -4.73. The zero-order valence-corrected chi connectivity index (χ0v) is 19.8. The van der Waals surface area contributed by atoms with E-state index >= 15 is 0 Å². The van der Waals surface area contributed by atoms with Gasteiger partial charge in [-0.15, -0.1) is 0 Å². The number of hydrogen-bond acceptors (Lipinski definition) is 6. The van der Waals surface area contributed by atoms with Crippen LogP contribution < -0.4 is 4.72 Å². The van der Waals surface area contributed by atoms with Gasteiger partial charge in [-0.2, -0.15) is 0 Å². The molecule has 3 aromatic rings. The van der Waals surface area contributed by atoms with E-state index < -0.39 is 62.1 Å². The van der Waals surface area contributed by atoms with Gasteiger partial charge in [-0.1, -0.05) is 24.3 Å². The maximum Gasteiger partial charge on any atom is 0.210 e. The summed E-state index contributed by atoms with van der Waals surface area (Å²) in [6.45, 7) is 1.57. The molecule has 0 saturated carbocycles. The number of halogens is 2. The first kappa shape index (κ1) is 25.0. The molecule has 3 rings (SSSR count). The van der Waals surface area contributed by atoms with Crippen molar-refractivity contribution in [1.82, 2.24) is 4.72 Å². The second kappa shape index (κ2) is 8.93. The molecular formula is C21H19F2NO6S3. The Labute approximate surface area is 191 Å². The fraction of sp³-hybridized carbons (Fsp3) is 0.143. The summed E-state index contributed by atoms with van der Waals surface area (Å²) in [4.78, 5) is -2.56. The van der Waals surface area contributed by atoms with Gasteiger partial charge in [0.25, 0.3) is 0 Å². The zero-order valence-electron chi connectivity index (χ0n) is 17.4. The van der Waals surface area contributed by atoms with Crippen LogP contribution in [0.3, 0.4) is 0 Å². The van der Waals surface area contributed by atoms with Crippen LogP contribution in [0, 0.1) is 11.6 Å². The summed E-state index contributed by atoms with van der Waals surface area (Å²) in [7, 11) is -12.6. The summed E-state index contributed by atoms with van der Waals surface area (Å²) in [6, 6.07) is 11.1. The van der Waals surface area contributed by atoms with E-state index in [9.17, 15) is 34.0 Å². The fourth-order valence-electron chi connectivity index (χ4n) is 3.15. The number of hydrogen-bond donors (Lipinski definition) is 1. The van der Waals surface area contributed by atoms with Gasteiger partial charge in [0.1, 0.15) is 16.5 Å². The summed E-state index contributed by atoms with van der Waals surface area (Å²) < 4.78 is 106. The molecule has 0 unspecified atom stereocenters. The van der Waals surface area contributed by atoms with Gasteiger partial charge in [0.2, 0.25) is 29.7 Å². The van der Waals surface area contributed by atoms with E-state index in [2.05, 4.69) is 4.72 Å². The summed E-state index contributed by atoms with van der Waals surface area (Å²) in [5, 5.41) is 0. The van der Waals surface area contributed by atoms with Gasteiger partial charge in [0, 0.05) is 6.04 Å². The average molecular weight is 516 g/mol. The molecule has 0 aliphatic heterocycles. The van der Waals surface area contributed by atoms with E-state index in [1.54, 1.807) is 6.92 Å². The molecule has 0 bridgehead atoms. The predicted molar refractivity (Wildman–Crippen MR) is 117 cm³/mol. The van der Waals surface area contributed by atoms with Crippen molar-refractivity contribution in [3.63, 3.8) is 0 Å². The molecule has 12 heteroatoms. The fourth-order valence-corrected chi connectivity index (χ4v) is 7.34. The molecule has 3 aromatic carbocycles. The molecule has 0 fully saturated rings. The van der Waals surface area contributed by atoms with Crippen molar-refractivity contribution in [1.29, 1.82) is 0 Å². The lowest BCUT2D eigenvalue weighted by atomic mass is 10.1. The normalized spacial score (nSPS) is 13.6. The molecule has 0 aliphatic rings. The van der Waals surface area contributed by atoms with Crippen LogP contribution in [-0.2, 0) is 29.7 Å². The second-order valence-corrected chi connectivity index (χ2v) is 12.8. The highest BCUT2D eigenvalue weighted by Gasteiger charge is 2.31. The Morgan fingerprint density at radius 2 is 1.27 bits per heavy atom. The second-order valence-electron chi connectivity index (χ2n) is 7.21. The van der Waals surface area contributed by atoms with Gasteiger partial charge in [0.15, 0.2) is 0 Å². The number of benzene rings is 3. The Bertz CT molecular complexity index is 1520. The van der Waals surface area contributed by atoms with Gasteiger partial charge in [-0.05, 0) is 55.0 Å². The smallest absolute Gasteiger partial charge is 0.210 e. The molecule has 1 atom stereocenters. The summed E-state index contributed by atoms with van der Waals surface area (Å²) in [6.07, 6.45) is 0.987. The van der Waals surface area contributed by atoms with Crippen molar-refractivity contribution in [3.05, 3.63) is 83.9 Å². The van der Waals surface area contributed by atoms with E-state index in [-0.39, 0.29) is 4.90 Å². The van der Waals surface area contributed by atoms with E-state index in [1.807, 2.05) is 0 Å². The predicted octanol–water partition coefficient (Wildman–Crippen LogP) is 3.24. The van der Waals surface area contributed by atoms with Crippen LogP contribution >= 0.6 is 0 Å². The first-order valence-corrected chi connectivity index (χ1v) is 14.2. The van der Waals surface area contributed by atoms with Crippen LogP contribution in [0.5, 0.6) is 0 Å². The standard InChI is InChI=1S/C21H19F2NO6S3/c1-14(24-31(2,25)26)15-7-10-17(11-8-15)32(27,28)19-5-3-4-6-20(19)33(29,30)21-13-16(22)9-12-18(21)23/h3-14,24H,1-2H3/t14-/m0/s1. The maximum absolute atomic E-state index is 14.2. The Balaban J connectivity index is 2.09. The van der Waals surface area contributed by atoms with Crippen LogP contribution in [0.1, 0.15) is 18.5 Å². The quantitative estimate of drug-likeness (QED) is 0.517. The highest BCUT2D eigenvalue weighted by atomic mass is 32.2. The maximum atomic E-state index is 14.2. The number of nitrogens with one attached hydrogen (secondary N) is 1. The Morgan fingerprint density at radius 1 is 0.727 bits per heavy atom. The van der Waals surface area contributed by atoms with Gasteiger partial charge in [-0.3, -0.25) is 0 Å². The molecule has 0 saturated heterocycles. The van der Waals surface area contributed by atoms with Gasteiger partial charge >= 0.3 is 0 Å². The molecular weight excluding hydrogens is 496 g/mol. The van der Waals surface area contributed by atoms with Crippen molar-refractivity contribution < 1.29 is 34.0 Å². The summed E-state index contributed by atoms with van der Waals surface area (Å²) in [5.41, 5.74) is 0.474. The lowest BCUT2D eigenvalue weighted by Gasteiger charge is -2.14. The van der Waals surface area contributed by atoms with Crippen LogP contribution in [0.25, 0.3) is 0 Å². The lowest BCUT2D eigenvalue weighted by molar-refractivity contribution is 0.550. The topological polar surface area (TPSA) is 114 Å². The van der Waals surface area contributed by atoms with Crippen LogP contribution in [0.2, 0.25) is 0 Å². The van der Waals surface area contributed by atoms with Gasteiger partial charge < -0.3 is 0 Å². The monoisotopic (exact) mass is 515 g/mol. The molecule has 0 radical (unpaired) electrons. The lowest BCUT2D eigenvalue weighted by Crippen LogP contribution is -2.25. The molecule has 1 N–H and O–H groups in total. The van der Waals surface area contributed by atoms with Gasteiger partial charge in [-0.25, -0.2) is 38.8 Å². The van der Waals surface area contributed by atoms with E-state index in [1.165, 1.54) is 36.4 Å². The van der Waals surface area contributed by atoms with E-state index in [0.29, 0.717) is 17.7 Å². The average Bonchev–Trinajstić information content (AvgIpc) is 2.74. The van der Waals surface area contributed by atoms with Crippen molar-refractivity contribution >= 4 is 29.7 Å². The Hall–Kier alpha value is -2.67. The molecule has 0 amide bonds. The highest BCUT2D eigenvalue weighted by molar-refractivity contribution is 7.94. The third-order valence-corrected chi connectivity index (χ3v) is 9.26. The largest absolute Gasteiger partial charge is 0.218 e. The molecule has 0 heterocycles. The minimum Gasteiger partial charge on any atom is -0.218 e. The van der Waals surface area contributed by atoms with E-state index in [4.69, 9.17) is 0 Å². The first-order chi connectivity index (χ1) is 15.2. The van der Waals surface area contributed by atoms with Gasteiger partial charge in [0.05, 0.1) is 20.9 Å². The van der Waals surface area contributed by atoms with Crippen molar-refractivity contribution in [2.45, 2.75) is 32.5 Å². The molecule has 0 aliphatic carbocycles. The molecule has 176 valence electrons. The molecule has 33 heavy (non-hydrogen) atoms. The Morgan fingerprint density at radius 3 is 1.82 bits per heavy atom. The van der Waals surface area contributed by atoms with Crippen LogP contribution in [-0.4, -0.2) is 31.5 Å².